The molecule has 1 amide bonds. The van der Waals surface area contributed by atoms with Crippen LogP contribution < -0.4 is 20.7 Å². The molecule has 9 nitrogen and oxygen atoms in total. The van der Waals surface area contributed by atoms with E-state index < -0.39 is 24.0 Å². The Morgan fingerprint density at radius 2 is 1.75 bits per heavy atom. The monoisotopic (exact) mass is 551 g/mol. The lowest BCUT2D eigenvalue weighted by atomic mass is 9.86. The van der Waals surface area contributed by atoms with E-state index in [9.17, 15) is 14.3 Å². The Hall–Kier alpha value is -3.76. The topological polar surface area (TPSA) is 118 Å². The SMILES string of the molecule is COCCOc1ccc(Nc2ncc(F)c(N[C@H]3CCC[C@H](NC(=O)c4ccc(C(C)(C)C)cc4)[C@H]3O)n2)cc1. The lowest BCUT2D eigenvalue weighted by molar-refractivity contribution is 0.0656. The Morgan fingerprint density at radius 1 is 1.05 bits per heavy atom. The summed E-state index contributed by atoms with van der Waals surface area (Å²) < 4.78 is 25.2. The Morgan fingerprint density at radius 3 is 2.42 bits per heavy atom. The molecule has 40 heavy (non-hydrogen) atoms. The van der Waals surface area contributed by atoms with Gasteiger partial charge in [0.05, 0.1) is 31.0 Å². The summed E-state index contributed by atoms with van der Waals surface area (Å²) in [6, 6.07) is 13.7. The van der Waals surface area contributed by atoms with Crippen LogP contribution in [0.4, 0.5) is 21.8 Å². The van der Waals surface area contributed by atoms with Gasteiger partial charge in [-0.2, -0.15) is 4.98 Å². The van der Waals surface area contributed by atoms with Crippen LogP contribution in [0.15, 0.2) is 54.7 Å². The van der Waals surface area contributed by atoms with Gasteiger partial charge in [0, 0.05) is 18.4 Å². The summed E-state index contributed by atoms with van der Waals surface area (Å²) in [5.74, 6) is -0.0128. The van der Waals surface area contributed by atoms with Gasteiger partial charge in [-0.25, -0.2) is 9.37 Å². The first-order valence-electron chi connectivity index (χ1n) is 13.5. The summed E-state index contributed by atoms with van der Waals surface area (Å²) in [6.45, 7) is 7.29. The van der Waals surface area contributed by atoms with E-state index in [1.54, 1.807) is 43.5 Å². The van der Waals surface area contributed by atoms with Crippen molar-refractivity contribution in [1.82, 2.24) is 15.3 Å². The first-order chi connectivity index (χ1) is 19.1. The van der Waals surface area contributed by atoms with Gasteiger partial charge in [-0.15, -0.1) is 0 Å². The van der Waals surface area contributed by atoms with E-state index in [-0.39, 0.29) is 23.1 Å². The zero-order valence-corrected chi connectivity index (χ0v) is 23.4. The van der Waals surface area contributed by atoms with E-state index in [4.69, 9.17) is 9.47 Å². The quantitative estimate of drug-likeness (QED) is 0.265. The fraction of sp³-hybridized carbons (Fsp3) is 0.433. The van der Waals surface area contributed by atoms with Crippen molar-refractivity contribution in [1.29, 1.82) is 0 Å². The zero-order chi connectivity index (χ0) is 28.7. The first kappa shape index (κ1) is 29.2. The number of hydrogen-bond acceptors (Lipinski definition) is 8. The standard InChI is InChI=1S/C30H38FN5O4/c1-30(2,3)20-10-8-19(9-11-20)28(38)35-25-7-5-6-24(26(25)37)34-27-23(31)18-32-29(36-27)33-21-12-14-22(15-13-21)40-17-16-39-4/h8-15,18,24-26,37H,5-7,16-17H2,1-4H3,(H,35,38)(H2,32,33,34,36)/t24-,25-,26-/m0/s1. The highest BCUT2D eigenvalue weighted by Gasteiger charge is 2.34. The lowest BCUT2D eigenvalue weighted by Gasteiger charge is -2.36. The van der Waals surface area contributed by atoms with Crippen LogP contribution in [0.1, 0.15) is 56.0 Å². The van der Waals surface area contributed by atoms with Crippen LogP contribution in [0.25, 0.3) is 0 Å². The van der Waals surface area contributed by atoms with Crippen LogP contribution in [0.2, 0.25) is 0 Å². The third kappa shape index (κ3) is 7.67. The molecule has 10 heteroatoms. The van der Waals surface area contributed by atoms with E-state index in [1.165, 1.54) is 0 Å². The number of carbonyl (C=O) groups excluding carboxylic acids is 1. The van der Waals surface area contributed by atoms with Gasteiger partial charge in [-0.05, 0) is 66.6 Å². The molecule has 214 valence electrons. The largest absolute Gasteiger partial charge is 0.491 e. The van der Waals surface area contributed by atoms with Crippen molar-refractivity contribution in [2.75, 3.05) is 31.0 Å². The molecule has 0 aliphatic heterocycles. The maximum atomic E-state index is 14.6. The number of carbonyl (C=O) groups is 1. The van der Waals surface area contributed by atoms with Crippen molar-refractivity contribution in [3.63, 3.8) is 0 Å². The van der Waals surface area contributed by atoms with Gasteiger partial charge in [0.25, 0.3) is 5.91 Å². The number of aliphatic hydroxyl groups excluding tert-OH is 1. The van der Waals surface area contributed by atoms with E-state index in [1.807, 2.05) is 12.1 Å². The maximum Gasteiger partial charge on any atom is 0.251 e. The molecule has 0 saturated heterocycles. The molecule has 1 aliphatic carbocycles. The normalized spacial score (nSPS) is 19.1. The van der Waals surface area contributed by atoms with Gasteiger partial charge < -0.3 is 30.5 Å². The summed E-state index contributed by atoms with van der Waals surface area (Å²) in [6.07, 6.45) is 2.12. The Bertz CT molecular complexity index is 1260. The Labute approximate surface area is 234 Å². The molecule has 1 saturated carbocycles. The van der Waals surface area contributed by atoms with Crippen molar-refractivity contribution >= 4 is 23.4 Å². The fourth-order valence-electron chi connectivity index (χ4n) is 4.58. The average Bonchev–Trinajstić information content (AvgIpc) is 2.93. The summed E-state index contributed by atoms with van der Waals surface area (Å²) in [7, 11) is 1.61. The highest BCUT2D eigenvalue weighted by molar-refractivity contribution is 5.94. The minimum atomic E-state index is -0.928. The van der Waals surface area contributed by atoms with E-state index >= 15 is 0 Å². The molecule has 3 atom stereocenters. The molecule has 0 unspecified atom stereocenters. The van der Waals surface area contributed by atoms with Gasteiger partial charge in [0.2, 0.25) is 5.95 Å². The number of aromatic nitrogens is 2. The summed E-state index contributed by atoms with van der Waals surface area (Å²) >= 11 is 0. The minimum Gasteiger partial charge on any atom is -0.491 e. The molecule has 0 spiro atoms. The van der Waals surface area contributed by atoms with Crippen molar-refractivity contribution in [2.24, 2.45) is 0 Å². The number of nitrogens with zero attached hydrogens (tertiary/aromatic N) is 2. The van der Waals surface area contributed by atoms with Gasteiger partial charge in [-0.1, -0.05) is 32.9 Å². The molecule has 1 aromatic heterocycles. The number of benzene rings is 2. The van der Waals surface area contributed by atoms with Gasteiger partial charge in [-0.3, -0.25) is 4.79 Å². The maximum absolute atomic E-state index is 14.6. The smallest absolute Gasteiger partial charge is 0.251 e. The molecule has 3 aromatic rings. The van der Waals surface area contributed by atoms with Crippen molar-refractivity contribution in [3.05, 3.63) is 71.7 Å². The summed E-state index contributed by atoms with van der Waals surface area (Å²) in [5, 5.41) is 20.1. The molecule has 0 radical (unpaired) electrons. The molecular weight excluding hydrogens is 513 g/mol. The summed E-state index contributed by atoms with van der Waals surface area (Å²) in [5.41, 5.74) is 2.36. The number of methoxy groups -OCH3 is 1. The molecule has 4 N–H and O–H groups in total. The van der Waals surface area contributed by atoms with E-state index in [2.05, 4.69) is 46.7 Å². The first-order valence-corrected chi connectivity index (χ1v) is 13.5. The van der Waals surface area contributed by atoms with Gasteiger partial charge >= 0.3 is 0 Å². The molecule has 1 heterocycles. The van der Waals surface area contributed by atoms with Crippen LogP contribution in [0.3, 0.4) is 0 Å². The molecule has 1 aliphatic rings. The van der Waals surface area contributed by atoms with Crippen LogP contribution in [0.5, 0.6) is 5.75 Å². The van der Waals surface area contributed by atoms with Crippen molar-refractivity contribution in [2.45, 2.75) is 63.6 Å². The number of anilines is 3. The number of amides is 1. The molecule has 4 rings (SSSR count). The molecule has 2 aromatic carbocycles. The van der Waals surface area contributed by atoms with E-state index in [0.29, 0.717) is 43.1 Å². The third-order valence-corrected chi connectivity index (χ3v) is 6.92. The number of aliphatic hydroxyl groups is 1. The van der Waals surface area contributed by atoms with Crippen LogP contribution in [0, 0.1) is 5.82 Å². The highest BCUT2D eigenvalue weighted by Crippen LogP contribution is 2.26. The average molecular weight is 552 g/mol. The summed E-state index contributed by atoms with van der Waals surface area (Å²) in [4.78, 5) is 21.2. The Kier molecular flexibility index (Phi) is 9.54. The predicted molar refractivity (Wildman–Crippen MR) is 153 cm³/mol. The van der Waals surface area contributed by atoms with Crippen LogP contribution in [-0.2, 0) is 10.2 Å². The second-order valence-electron chi connectivity index (χ2n) is 11.0. The minimum absolute atomic E-state index is 0.0111. The second kappa shape index (κ2) is 13.1. The highest BCUT2D eigenvalue weighted by atomic mass is 19.1. The fourth-order valence-corrected chi connectivity index (χ4v) is 4.58. The van der Waals surface area contributed by atoms with Crippen LogP contribution >= 0.6 is 0 Å². The predicted octanol–water partition coefficient (Wildman–Crippen LogP) is 4.81. The van der Waals surface area contributed by atoms with Crippen LogP contribution in [-0.4, -0.2) is 59.5 Å². The van der Waals surface area contributed by atoms with Crippen molar-refractivity contribution in [3.8, 4) is 5.75 Å². The second-order valence-corrected chi connectivity index (χ2v) is 11.0. The van der Waals surface area contributed by atoms with Gasteiger partial charge in [0.1, 0.15) is 12.4 Å². The Balaban J connectivity index is 1.37. The lowest BCUT2D eigenvalue weighted by Crippen LogP contribution is -2.53. The molecule has 0 bridgehead atoms. The molecular formula is C30H38FN5O4. The van der Waals surface area contributed by atoms with E-state index in [0.717, 1.165) is 18.2 Å². The number of halogens is 1. The third-order valence-electron chi connectivity index (χ3n) is 6.92. The number of hydrogen-bond donors (Lipinski definition) is 4. The number of rotatable bonds is 10. The van der Waals surface area contributed by atoms with Crippen molar-refractivity contribution < 1.29 is 23.8 Å². The molecule has 1 fully saturated rings. The van der Waals surface area contributed by atoms with Gasteiger partial charge in [0.15, 0.2) is 11.6 Å². The number of nitrogens with one attached hydrogen (secondary N) is 3. The zero-order valence-electron chi connectivity index (χ0n) is 23.4. The number of ether oxygens (including phenoxy) is 2.